The zero-order valence-electron chi connectivity index (χ0n) is 11.6. The number of esters is 1. The Kier molecular flexibility index (Phi) is 4.10. The fourth-order valence-corrected chi connectivity index (χ4v) is 3.05. The lowest BCUT2D eigenvalue weighted by Crippen LogP contribution is -2.25. The molecule has 0 aromatic carbocycles. The van der Waals surface area contributed by atoms with Crippen LogP contribution in [0.3, 0.4) is 0 Å². The molecule has 1 aliphatic rings. The SMILES string of the molecule is CC(C)(C)OC(=O)c1nc(N)sc1C1CCOCC1. The van der Waals surface area contributed by atoms with E-state index in [9.17, 15) is 4.79 Å². The molecule has 0 aliphatic carbocycles. The zero-order valence-corrected chi connectivity index (χ0v) is 12.4. The molecule has 2 rings (SSSR count). The number of ether oxygens (including phenoxy) is 2. The maximum Gasteiger partial charge on any atom is 0.358 e. The molecule has 1 aromatic rings. The minimum atomic E-state index is -0.525. The Balaban J connectivity index is 2.22. The average Bonchev–Trinajstić information content (AvgIpc) is 2.70. The van der Waals surface area contributed by atoms with Crippen molar-refractivity contribution in [2.75, 3.05) is 18.9 Å². The van der Waals surface area contributed by atoms with Crippen LogP contribution in [0, 0.1) is 0 Å². The van der Waals surface area contributed by atoms with Crippen molar-refractivity contribution in [2.24, 2.45) is 0 Å². The summed E-state index contributed by atoms with van der Waals surface area (Å²) in [5, 5.41) is 0.419. The number of carbonyl (C=O) groups is 1. The highest BCUT2D eigenvalue weighted by Crippen LogP contribution is 2.35. The summed E-state index contributed by atoms with van der Waals surface area (Å²) in [6, 6.07) is 0. The average molecular weight is 284 g/mol. The van der Waals surface area contributed by atoms with Crippen LogP contribution in [0.2, 0.25) is 0 Å². The largest absolute Gasteiger partial charge is 0.455 e. The lowest BCUT2D eigenvalue weighted by atomic mass is 9.97. The summed E-state index contributed by atoms with van der Waals surface area (Å²) in [5.41, 5.74) is 5.61. The molecule has 0 unspecified atom stereocenters. The van der Waals surface area contributed by atoms with Crippen LogP contribution in [0.5, 0.6) is 0 Å². The molecule has 106 valence electrons. The number of nitrogens with two attached hydrogens (primary N) is 1. The molecule has 0 saturated carbocycles. The molecule has 2 heterocycles. The summed E-state index contributed by atoms with van der Waals surface area (Å²) in [4.78, 5) is 17.3. The molecule has 1 aliphatic heterocycles. The molecule has 1 aromatic heterocycles. The maximum atomic E-state index is 12.2. The number of carbonyl (C=O) groups excluding carboxylic acids is 1. The third kappa shape index (κ3) is 3.67. The van der Waals surface area contributed by atoms with Crippen LogP contribution in [0.4, 0.5) is 5.13 Å². The van der Waals surface area contributed by atoms with Gasteiger partial charge < -0.3 is 15.2 Å². The molecule has 0 bridgehead atoms. The number of hydrogen-bond acceptors (Lipinski definition) is 6. The molecule has 6 heteroatoms. The van der Waals surface area contributed by atoms with Gasteiger partial charge in [0, 0.05) is 24.0 Å². The molecule has 0 spiro atoms. The predicted octanol–water partition coefficient (Wildman–Crippen LogP) is 2.57. The van der Waals surface area contributed by atoms with Gasteiger partial charge in [0.1, 0.15) is 5.60 Å². The lowest BCUT2D eigenvalue weighted by Gasteiger charge is -2.23. The summed E-state index contributed by atoms with van der Waals surface area (Å²) >= 11 is 1.39. The number of hydrogen-bond donors (Lipinski definition) is 1. The van der Waals surface area contributed by atoms with Crippen molar-refractivity contribution in [2.45, 2.75) is 45.1 Å². The van der Waals surface area contributed by atoms with E-state index in [4.69, 9.17) is 15.2 Å². The van der Waals surface area contributed by atoms with Gasteiger partial charge in [0.15, 0.2) is 10.8 Å². The van der Waals surface area contributed by atoms with Gasteiger partial charge in [-0.1, -0.05) is 0 Å². The molecule has 5 nitrogen and oxygen atoms in total. The summed E-state index contributed by atoms with van der Waals surface area (Å²) in [7, 11) is 0. The van der Waals surface area contributed by atoms with Crippen molar-refractivity contribution >= 4 is 22.4 Å². The van der Waals surface area contributed by atoms with Crippen molar-refractivity contribution in [1.29, 1.82) is 0 Å². The van der Waals surface area contributed by atoms with Gasteiger partial charge in [-0.2, -0.15) is 0 Å². The van der Waals surface area contributed by atoms with Crippen molar-refractivity contribution in [1.82, 2.24) is 4.98 Å². The summed E-state index contributed by atoms with van der Waals surface area (Å²) in [5.74, 6) is -0.0898. The second-order valence-electron chi connectivity index (χ2n) is 5.65. The predicted molar refractivity (Wildman–Crippen MR) is 74.5 cm³/mol. The Morgan fingerprint density at radius 2 is 2.05 bits per heavy atom. The van der Waals surface area contributed by atoms with E-state index in [0.717, 1.165) is 30.9 Å². The first-order valence-corrected chi connectivity index (χ1v) is 7.26. The zero-order chi connectivity index (χ0) is 14.0. The minimum Gasteiger partial charge on any atom is -0.455 e. The molecule has 1 fully saturated rings. The van der Waals surface area contributed by atoms with E-state index in [1.54, 1.807) is 0 Å². The minimum absolute atomic E-state index is 0.297. The second kappa shape index (κ2) is 5.46. The second-order valence-corrected chi connectivity index (χ2v) is 6.72. The first kappa shape index (κ1) is 14.3. The number of rotatable bonds is 2. The van der Waals surface area contributed by atoms with E-state index < -0.39 is 5.60 Å². The highest BCUT2D eigenvalue weighted by Gasteiger charge is 2.28. The van der Waals surface area contributed by atoms with E-state index in [2.05, 4.69) is 4.98 Å². The van der Waals surface area contributed by atoms with Gasteiger partial charge in [-0.25, -0.2) is 9.78 Å². The summed E-state index contributed by atoms with van der Waals surface area (Å²) in [6.07, 6.45) is 1.80. The highest BCUT2D eigenvalue weighted by atomic mass is 32.1. The van der Waals surface area contributed by atoms with Crippen LogP contribution >= 0.6 is 11.3 Å². The number of anilines is 1. The van der Waals surface area contributed by atoms with Gasteiger partial charge in [-0.15, -0.1) is 11.3 Å². The molecule has 1 saturated heterocycles. The molecule has 2 N–H and O–H groups in total. The standard InChI is InChI=1S/C13H20N2O3S/c1-13(2,3)18-11(16)9-10(19-12(14)15-9)8-4-6-17-7-5-8/h8H,4-7H2,1-3H3,(H2,14,15). The Morgan fingerprint density at radius 1 is 1.42 bits per heavy atom. The van der Waals surface area contributed by atoms with Crippen LogP contribution in [0.15, 0.2) is 0 Å². The van der Waals surface area contributed by atoms with Gasteiger partial charge in [-0.05, 0) is 33.6 Å². The fraction of sp³-hybridized carbons (Fsp3) is 0.692. The summed E-state index contributed by atoms with van der Waals surface area (Å²) in [6.45, 7) is 6.96. The van der Waals surface area contributed by atoms with Gasteiger partial charge in [0.25, 0.3) is 0 Å². The van der Waals surface area contributed by atoms with E-state index in [1.807, 2.05) is 20.8 Å². The number of aromatic nitrogens is 1. The van der Waals surface area contributed by atoms with E-state index in [1.165, 1.54) is 11.3 Å². The van der Waals surface area contributed by atoms with E-state index >= 15 is 0 Å². The third-order valence-electron chi connectivity index (χ3n) is 2.85. The molecule has 0 amide bonds. The lowest BCUT2D eigenvalue weighted by molar-refractivity contribution is 0.00604. The molecular formula is C13H20N2O3S. The maximum absolute atomic E-state index is 12.2. The van der Waals surface area contributed by atoms with Gasteiger partial charge in [0.05, 0.1) is 0 Å². The van der Waals surface area contributed by atoms with Crippen LogP contribution in [0.1, 0.15) is 54.9 Å². The van der Waals surface area contributed by atoms with Crippen molar-refractivity contribution in [3.05, 3.63) is 10.6 Å². The van der Waals surface area contributed by atoms with Crippen LogP contribution < -0.4 is 5.73 Å². The Morgan fingerprint density at radius 3 is 2.63 bits per heavy atom. The number of nitrogen functional groups attached to an aromatic ring is 1. The first-order chi connectivity index (χ1) is 8.87. The van der Waals surface area contributed by atoms with E-state index in [0.29, 0.717) is 16.7 Å². The fourth-order valence-electron chi connectivity index (χ4n) is 2.06. The highest BCUT2D eigenvalue weighted by molar-refractivity contribution is 7.15. The van der Waals surface area contributed by atoms with Gasteiger partial charge in [-0.3, -0.25) is 0 Å². The van der Waals surface area contributed by atoms with Crippen molar-refractivity contribution in [3.8, 4) is 0 Å². The Bertz CT molecular complexity index is 459. The molecule has 0 atom stereocenters. The van der Waals surface area contributed by atoms with Crippen molar-refractivity contribution < 1.29 is 14.3 Å². The Labute approximate surface area is 117 Å². The molecule has 0 radical (unpaired) electrons. The van der Waals surface area contributed by atoms with Crippen LogP contribution in [-0.2, 0) is 9.47 Å². The monoisotopic (exact) mass is 284 g/mol. The Hall–Kier alpha value is -1.14. The molecular weight excluding hydrogens is 264 g/mol. The van der Waals surface area contributed by atoms with Crippen molar-refractivity contribution in [3.63, 3.8) is 0 Å². The van der Waals surface area contributed by atoms with Crippen LogP contribution in [0.25, 0.3) is 0 Å². The van der Waals surface area contributed by atoms with E-state index in [-0.39, 0.29) is 5.97 Å². The van der Waals surface area contributed by atoms with Gasteiger partial charge >= 0.3 is 5.97 Å². The van der Waals surface area contributed by atoms with Crippen LogP contribution in [-0.4, -0.2) is 29.8 Å². The third-order valence-corrected chi connectivity index (χ3v) is 3.90. The quantitative estimate of drug-likeness (QED) is 0.845. The normalized spacial score (nSPS) is 17.4. The first-order valence-electron chi connectivity index (χ1n) is 6.44. The smallest absolute Gasteiger partial charge is 0.358 e. The number of thiazole rings is 1. The summed E-state index contributed by atoms with van der Waals surface area (Å²) < 4.78 is 10.7. The topological polar surface area (TPSA) is 74.4 Å². The van der Waals surface area contributed by atoms with Gasteiger partial charge in [0.2, 0.25) is 0 Å². The number of nitrogens with zero attached hydrogens (tertiary/aromatic N) is 1. The molecule has 19 heavy (non-hydrogen) atoms.